The lowest BCUT2D eigenvalue weighted by Gasteiger charge is -2.22. The average molecular weight is 495 g/mol. The number of hydrogen-bond acceptors (Lipinski definition) is 6. The molecule has 0 aliphatic rings. The SMILES string of the molecule is Cc1onc(-c2ccccc2Cl)c1C(=O)N(CCN(C)C)c1nc2c(F)cccc2s1.Cl. The molecule has 0 saturated carbocycles. The first-order chi connectivity index (χ1) is 14.9. The van der Waals surface area contributed by atoms with Crippen molar-refractivity contribution in [3.05, 3.63) is 64.6 Å². The third kappa shape index (κ3) is 4.63. The molecule has 0 bridgehead atoms. The topological polar surface area (TPSA) is 62.5 Å². The lowest BCUT2D eigenvalue weighted by molar-refractivity contribution is 0.0984. The van der Waals surface area contributed by atoms with Gasteiger partial charge in [-0.2, -0.15) is 0 Å². The summed E-state index contributed by atoms with van der Waals surface area (Å²) in [5, 5.41) is 4.98. The number of aromatic nitrogens is 2. The van der Waals surface area contributed by atoms with Crippen LogP contribution in [0.1, 0.15) is 16.1 Å². The molecule has 4 rings (SSSR count). The van der Waals surface area contributed by atoms with Crippen molar-refractivity contribution >= 4 is 56.6 Å². The molecule has 2 aromatic carbocycles. The van der Waals surface area contributed by atoms with E-state index in [1.54, 1.807) is 42.2 Å². The number of carbonyl (C=O) groups excluding carboxylic acids is 1. The van der Waals surface area contributed by atoms with Crippen LogP contribution in [0.2, 0.25) is 5.02 Å². The van der Waals surface area contributed by atoms with E-state index in [4.69, 9.17) is 16.1 Å². The summed E-state index contributed by atoms with van der Waals surface area (Å²) in [5.74, 6) is -0.366. The van der Waals surface area contributed by atoms with E-state index in [-0.39, 0.29) is 23.8 Å². The molecule has 6 nitrogen and oxygen atoms in total. The molecule has 10 heteroatoms. The maximum absolute atomic E-state index is 14.2. The zero-order valence-corrected chi connectivity index (χ0v) is 20.0. The molecule has 0 aliphatic heterocycles. The molecule has 32 heavy (non-hydrogen) atoms. The minimum absolute atomic E-state index is 0. The molecule has 0 radical (unpaired) electrons. The van der Waals surface area contributed by atoms with Gasteiger partial charge in [-0.3, -0.25) is 9.69 Å². The lowest BCUT2D eigenvalue weighted by atomic mass is 10.1. The quantitative estimate of drug-likeness (QED) is 0.344. The number of para-hydroxylation sites is 1. The molecule has 0 spiro atoms. The molecule has 2 heterocycles. The van der Waals surface area contributed by atoms with Gasteiger partial charge in [-0.25, -0.2) is 9.37 Å². The first kappa shape index (κ1) is 24.1. The second-order valence-electron chi connectivity index (χ2n) is 7.29. The highest BCUT2D eigenvalue weighted by atomic mass is 35.5. The van der Waals surface area contributed by atoms with E-state index in [1.165, 1.54) is 17.4 Å². The number of hydrogen-bond donors (Lipinski definition) is 0. The van der Waals surface area contributed by atoms with Crippen molar-refractivity contribution in [1.82, 2.24) is 15.0 Å². The molecule has 1 amide bonds. The summed E-state index contributed by atoms with van der Waals surface area (Å²) in [5.41, 5.74) is 1.53. The minimum atomic E-state index is -0.419. The van der Waals surface area contributed by atoms with Crippen LogP contribution in [0.3, 0.4) is 0 Å². The van der Waals surface area contributed by atoms with Gasteiger partial charge in [0.1, 0.15) is 28.4 Å². The Morgan fingerprint density at radius 2 is 1.91 bits per heavy atom. The summed E-state index contributed by atoms with van der Waals surface area (Å²) in [4.78, 5) is 21.7. The van der Waals surface area contributed by atoms with E-state index in [1.807, 2.05) is 25.1 Å². The Labute approximate surface area is 200 Å². The Balaban J connectivity index is 0.00000289. The molecule has 4 aromatic rings. The van der Waals surface area contributed by atoms with Crippen LogP contribution in [0.25, 0.3) is 21.5 Å². The van der Waals surface area contributed by atoms with Crippen LogP contribution in [-0.2, 0) is 0 Å². The third-order valence-corrected chi connectivity index (χ3v) is 6.18. The zero-order chi connectivity index (χ0) is 22.1. The van der Waals surface area contributed by atoms with E-state index in [2.05, 4.69) is 10.1 Å². The first-order valence-electron chi connectivity index (χ1n) is 9.59. The predicted molar refractivity (Wildman–Crippen MR) is 129 cm³/mol. The number of carbonyl (C=O) groups is 1. The van der Waals surface area contributed by atoms with Crippen molar-refractivity contribution in [1.29, 1.82) is 0 Å². The van der Waals surface area contributed by atoms with Crippen molar-refractivity contribution < 1.29 is 13.7 Å². The van der Waals surface area contributed by atoms with Crippen molar-refractivity contribution in [3.63, 3.8) is 0 Å². The van der Waals surface area contributed by atoms with Crippen LogP contribution in [0.15, 0.2) is 47.0 Å². The average Bonchev–Trinajstić information content (AvgIpc) is 3.33. The normalized spacial score (nSPS) is 11.1. The molecular formula is C22H21Cl2FN4O2S. The van der Waals surface area contributed by atoms with Crippen molar-refractivity contribution in [3.8, 4) is 11.3 Å². The summed E-state index contributed by atoms with van der Waals surface area (Å²) in [6.07, 6.45) is 0. The second kappa shape index (κ2) is 9.95. The molecule has 0 fully saturated rings. The van der Waals surface area contributed by atoms with E-state index in [0.717, 1.165) is 0 Å². The summed E-state index contributed by atoms with van der Waals surface area (Å²) in [7, 11) is 3.83. The number of halogens is 3. The Kier molecular flexibility index (Phi) is 7.51. The first-order valence-corrected chi connectivity index (χ1v) is 10.8. The van der Waals surface area contributed by atoms with Crippen LogP contribution in [-0.4, -0.2) is 48.1 Å². The van der Waals surface area contributed by atoms with Crippen molar-refractivity contribution in [2.75, 3.05) is 32.1 Å². The van der Waals surface area contributed by atoms with Gasteiger partial charge in [-0.05, 0) is 39.2 Å². The number of nitrogens with zero attached hydrogens (tertiary/aromatic N) is 4. The Bertz CT molecular complexity index is 1260. The largest absolute Gasteiger partial charge is 0.360 e. The van der Waals surface area contributed by atoms with Gasteiger partial charge < -0.3 is 9.42 Å². The van der Waals surface area contributed by atoms with Gasteiger partial charge in [0.05, 0.1) is 9.72 Å². The molecule has 0 saturated heterocycles. The fraction of sp³-hybridized carbons (Fsp3) is 0.227. The molecule has 0 atom stereocenters. The number of fused-ring (bicyclic) bond motifs is 1. The highest BCUT2D eigenvalue weighted by Gasteiger charge is 2.29. The molecule has 2 aromatic heterocycles. The van der Waals surface area contributed by atoms with Crippen LogP contribution in [0.4, 0.5) is 9.52 Å². The Morgan fingerprint density at radius 1 is 1.16 bits per heavy atom. The number of likely N-dealkylation sites (N-methyl/N-ethyl adjacent to an activating group) is 1. The van der Waals surface area contributed by atoms with E-state index in [9.17, 15) is 9.18 Å². The van der Waals surface area contributed by atoms with Gasteiger partial charge in [0, 0.05) is 18.7 Å². The molecule has 0 aliphatic carbocycles. The lowest BCUT2D eigenvalue weighted by Crippen LogP contribution is -2.37. The van der Waals surface area contributed by atoms with Gasteiger partial charge in [-0.15, -0.1) is 12.4 Å². The standard InChI is InChI=1S/C22H20ClFN4O2S.ClH/c1-13-18(19(26-30-13)14-7-4-5-8-15(14)23)21(29)28(12-11-27(2)3)22-25-20-16(24)9-6-10-17(20)31-22;/h4-10H,11-12H2,1-3H3;1H. The van der Waals surface area contributed by atoms with Crippen molar-refractivity contribution in [2.45, 2.75) is 6.92 Å². The monoisotopic (exact) mass is 494 g/mol. The Morgan fingerprint density at radius 3 is 2.59 bits per heavy atom. The number of thiazole rings is 1. The van der Waals surface area contributed by atoms with E-state index in [0.29, 0.717) is 50.5 Å². The molecule has 0 N–H and O–H groups in total. The maximum Gasteiger partial charge on any atom is 0.266 e. The van der Waals surface area contributed by atoms with Gasteiger partial charge in [0.2, 0.25) is 0 Å². The number of rotatable bonds is 6. The molecule has 0 unspecified atom stereocenters. The highest BCUT2D eigenvalue weighted by Crippen LogP contribution is 2.35. The minimum Gasteiger partial charge on any atom is -0.360 e. The highest BCUT2D eigenvalue weighted by molar-refractivity contribution is 7.22. The smallest absolute Gasteiger partial charge is 0.266 e. The van der Waals surface area contributed by atoms with Crippen LogP contribution >= 0.6 is 35.3 Å². The van der Waals surface area contributed by atoms with Crippen LogP contribution < -0.4 is 4.90 Å². The molecular weight excluding hydrogens is 474 g/mol. The van der Waals surface area contributed by atoms with Crippen LogP contribution in [0, 0.1) is 12.7 Å². The summed E-state index contributed by atoms with van der Waals surface area (Å²) >= 11 is 7.62. The van der Waals surface area contributed by atoms with E-state index >= 15 is 0 Å². The summed E-state index contributed by atoms with van der Waals surface area (Å²) in [6, 6.07) is 11.9. The number of amides is 1. The molecule has 168 valence electrons. The fourth-order valence-corrected chi connectivity index (χ4v) is 4.43. The second-order valence-corrected chi connectivity index (χ2v) is 8.70. The summed E-state index contributed by atoms with van der Waals surface area (Å²) in [6.45, 7) is 2.64. The fourth-order valence-electron chi connectivity index (χ4n) is 3.20. The van der Waals surface area contributed by atoms with Gasteiger partial charge in [-0.1, -0.05) is 52.4 Å². The summed E-state index contributed by atoms with van der Waals surface area (Å²) < 4.78 is 20.3. The van der Waals surface area contributed by atoms with Crippen LogP contribution in [0.5, 0.6) is 0 Å². The number of benzene rings is 2. The Hall–Kier alpha value is -2.52. The number of aryl methyl sites for hydroxylation is 1. The van der Waals surface area contributed by atoms with Gasteiger partial charge >= 0.3 is 0 Å². The van der Waals surface area contributed by atoms with Gasteiger partial charge in [0.15, 0.2) is 5.13 Å². The third-order valence-electron chi connectivity index (χ3n) is 4.81. The zero-order valence-electron chi connectivity index (χ0n) is 17.6. The van der Waals surface area contributed by atoms with Crippen molar-refractivity contribution in [2.24, 2.45) is 0 Å². The van der Waals surface area contributed by atoms with Gasteiger partial charge in [0.25, 0.3) is 5.91 Å². The van der Waals surface area contributed by atoms with E-state index < -0.39 is 5.82 Å². The number of anilines is 1. The predicted octanol–water partition coefficient (Wildman–Crippen LogP) is 5.68. The maximum atomic E-state index is 14.2.